The number of carbonyl (C=O) groups excluding carboxylic acids is 2. The fourth-order valence-electron chi connectivity index (χ4n) is 3.81. The maximum absolute atomic E-state index is 14.9. The fraction of sp³-hybridized carbons (Fsp3) is 0.600. The van der Waals surface area contributed by atoms with E-state index in [-0.39, 0.29) is 18.6 Å². The van der Waals surface area contributed by atoms with E-state index < -0.39 is 41.6 Å². The van der Waals surface area contributed by atoms with E-state index in [0.29, 0.717) is 0 Å². The zero-order chi connectivity index (χ0) is 25.1. The first kappa shape index (κ1) is 27.3. The number of likely N-dealkylation sites (tertiary alicyclic amines) is 1. The Labute approximate surface area is 202 Å². The Morgan fingerprint density at radius 2 is 1.79 bits per heavy atom. The summed E-state index contributed by atoms with van der Waals surface area (Å²) in [5, 5.41) is 16.2. The monoisotopic (exact) mass is 479 g/mol. The lowest BCUT2D eigenvalue weighted by atomic mass is 9.84. The van der Waals surface area contributed by atoms with Gasteiger partial charge in [-0.1, -0.05) is 51.1 Å². The lowest BCUT2D eigenvalue weighted by Crippen LogP contribution is -2.60. The van der Waals surface area contributed by atoms with Crippen LogP contribution in [0.15, 0.2) is 30.3 Å². The van der Waals surface area contributed by atoms with Gasteiger partial charge in [0.05, 0.1) is 12.6 Å². The van der Waals surface area contributed by atoms with E-state index in [0.717, 1.165) is 16.0 Å². The highest BCUT2D eigenvalue weighted by Crippen LogP contribution is 2.29. The summed E-state index contributed by atoms with van der Waals surface area (Å²) in [5.41, 5.74) is 0.934. The van der Waals surface area contributed by atoms with Crippen molar-refractivity contribution in [2.24, 2.45) is 5.41 Å². The van der Waals surface area contributed by atoms with Crippen molar-refractivity contribution >= 4 is 29.3 Å². The smallest absolute Gasteiger partial charge is 0.246 e. The molecule has 184 valence electrons. The Balaban J connectivity index is 2.18. The minimum atomic E-state index is -1.85. The van der Waals surface area contributed by atoms with Crippen molar-refractivity contribution in [1.82, 2.24) is 15.5 Å². The van der Waals surface area contributed by atoms with Crippen molar-refractivity contribution in [1.29, 1.82) is 0 Å². The average molecular weight is 480 g/mol. The van der Waals surface area contributed by atoms with Crippen LogP contribution in [0, 0.1) is 5.41 Å². The minimum Gasteiger partial charge on any atom is -0.388 e. The highest BCUT2D eigenvalue weighted by atomic mass is 32.1. The van der Waals surface area contributed by atoms with Crippen LogP contribution < -0.4 is 10.6 Å². The van der Waals surface area contributed by atoms with Gasteiger partial charge in [0, 0.05) is 17.0 Å². The van der Waals surface area contributed by atoms with Crippen molar-refractivity contribution in [2.45, 2.75) is 84.9 Å². The highest BCUT2D eigenvalue weighted by Gasteiger charge is 2.50. The number of hydrogen-bond acceptors (Lipinski definition) is 5. The van der Waals surface area contributed by atoms with Crippen molar-refractivity contribution in [3.8, 4) is 0 Å². The maximum Gasteiger partial charge on any atom is 0.246 e. The summed E-state index contributed by atoms with van der Waals surface area (Å²) in [7, 11) is 0. The van der Waals surface area contributed by atoms with Crippen molar-refractivity contribution in [3.63, 3.8) is 0 Å². The van der Waals surface area contributed by atoms with Crippen molar-refractivity contribution < 1.29 is 19.1 Å². The van der Waals surface area contributed by atoms with Gasteiger partial charge in [0.1, 0.15) is 12.1 Å². The number of benzene rings is 1. The molecular weight excluding hydrogens is 441 g/mol. The van der Waals surface area contributed by atoms with E-state index in [9.17, 15) is 19.1 Å². The van der Waals surface area contributed by atoms with Gasteiger partial charge in [0.15, 0.2) is 6.17 Å². The molecule has 33 heavy (non-hydrogen) atoms. The van der Waals surface area contributed by atoms with Crippen LogP contribution >= 0.6 is 12.6 Å². The first-order valence-corrected chi connectivity index (χ1v) is 11.7. The summed E-state index contributed by atoms with van der Waals surface area (Å²) >= 11 is 4.39. The van der Waals surface area contributed by atoms with Crippen LogP contribution in [0.2, 0.25) is 0 Å². The molecule has 1 fully saturated rings. The number of hydrogen-bond donors (Lipinski definition) is 4. The fourth-order valence-corrected chi connectivity index (χ4v) is 3.96. The first-order valence-electron chi connectivity index (χ1n) is 11.3. The molecule has 1 aromatic carbocycles. The third-order valence-electron chi connectivity index (χ3n) is 5.62. The van der Waals surface area contributed by atoms with Crippen LogP contribution in [-0.2, 0) is 16.1 Å². The largest absolute Gasteiger partial charge is 0.388 e. The number of rotatable bonds is 6. The van der Waals surface area contributed by atoms with Gasteiger partial charge in [-0.2, -0.15) is 0 Å². The number of nitrogens with one attached hydrogen (secondary N) is 2. The summed E-state index contributed by atoms with van der Waals surface area (Å²) < 4.78 is 14.9. The lowest BCUT2D eigenvalue weighted by molar-refractivity contribution is -0.143. The summed E-state index contributed by atoms with van der Waals surface area (Å²) in [4.78, 5) is 28.5. The molecule has 0 aromatic heterocycles. The van der Waals surface area contributed by atoms with E-state index >= 15 is 0 Å². The SMILES string of the molecule is C/C=C(/S)c1ccc(CNC(=O)[C@@H]2[C@@H](F)[C@@H](O)CN2C(=O)[C@@H](NC(C)(C)C)C(C)(C)C)cc1. The van der Waals surface area contributed by atoms with Crippen LogP contribution in [0.25, 0.3) is 4.91 Å². The van der Waals surface area contributed by atoms with Gasteiger partial charge in [-0.3, -0.25) is 9.59 Å². The second kappa shape index (κ2) is 10.6. The molecule has 4 atom stereocenters. The molecule has 0 radical (unpaired) electrons. The van der Waals surface area contributed by atoms with Gasteiger partial charge >= 0.3 is 0 Å². The molecule has 2 amide bonds. The number of aliphatic hydroxyl groups excluding tert-OH is 1. The topological polar surface area (TPSA) is 81.7 Å². The lowest BCUT2D eigenvalue weighted by Gasteiger charge is -2.39. The van der Waals surface area contributed by atoms with Crippen LogP contribution in [0.4, 0.5) is 4.39 Å². The predicted molar refractivity (Wildman–Crippen MR) is 133 cm³/mol. The van der Waals surface area contributed by atoms with Gasteiger partial charge in [-0.15, -0.1) is 12.6 Å². The molecule has 6 nitrogen and oxygen atoms in total. The second-order valence-corrected chi connectivity index (χ2v) is 11.2. The molecule has 1 aliphatic rings. The Kier molecular flexibility index (Phi) is 8.76. The normalized spacial score (nSPS) is 22.9. The third-order valence-corrected chi connectivity index (χ3v) is 6.14. The Hall–Kier alpha value is -1.90. The van der Waals surface area contributed by atoms with E-state index in [4.69, 9.17) is 0 Å². The zero-order valence-corrected chi connectivity index (χ0v) is 21.5. The molecule has 3 N–H and O–H groups in total. The number of β-amino-alcohol motifs (C(OH)–C–C–N with tert-alkyl or cyclic N) is 1. The van der Waals surface area contributed by atoms with Crippen LogP contribution in [0.1, 0.15) is 59.6 Å². The molecule has 2 rings (SSSR count). The number of nitrogens with zero attached hydrogens (tertiary/aromatic N) is 1. The van der Waals surface area contributed by atoms with E-state index in [1.165, 1.54) is 4.90 Å². The van der Waals surface area contributed by atoms with Gasteiger partial charge in [-0.05, 0) is 44.2 Å². The Bertz CT molecular complexity index is 874. The average Bonchev–Trinajstić information content (AvgIpc) is 3.02. The number of aliphatic hydroxyl groups is 1. The number of halogens is 1. The number of alkyl halides is 1. The molecular formula is C25H38FN3O3S. The first-order chi connectivity index (χ1) is 15.2. The summed E-state index contributed by atoms with van der Waals surface area (Å²) in [6.07, 6.45) is -1.38. The van der Waals surface area contributed by atoms with Gasteiger partial charge < -0.3 is 20.6 Å². The molecule has 1 heterocycles. The molecule has 1 aliphatic heterocycles. The predicted octanol–water partition coefficient (Wildman–Crippen LogP) is 3.31. The zero-order valence-electron chi connectivity index (χ0n) is 20.6. The van der Waals surface area contributed by atoms with Gasteiger partial charge in [-0.25, -0.2) is 4.39 Å². The number of allylic oxidation sites excluding steroid dienone is 1. The standard InChI is InChI=1S/C25H38FN3O3S/c1-8-18(33)16-11-9-15(10-12-16)13-27-22(31)20-19(26)17(30)14-29(20)23(32)21(24(2,3)4)28-25(5,6)7/h8-12,17,19-21,28,30,33H,13-14H2,1-7H3,(H,27,31)/b18-8+/t17-,19-,20-,21+/m0/s1. The molecule has 0 spiro atoms. The highest BCUT2D eigenvalue weighted by molar-refractivity contribution is 7.90. The van der Waals surface area contributed by atoms with Crippen molar-refractivity contribution in [3.05, 3.63) is 41.5 Å². The molecule has 0 saturated carbocycles. The molecule has 1 saturated heterocycles. The van der Waals surface area contributed by atoms with Gasteiger partial charge in [0.25, 0.3) is 0 Å². The van der Waals surface area contributed by atoms with E-state index in [1.807, 2.05) is 78.8 Å². The summed E-state index contributed by atoms with van der Waals surface area (Å²) in [6.45, 7) is 13.4. The van der Waals surface area contributed by atoms with Crippen molar-refractivity contribution in [2.75, 3.05) is 6.54 Å². The number of thiol groups is 1. The van der Waals surface area contributed by atoms with Crippen LogP contribution in [-0.4, -0.2) is 58.3 Å². The van der Waals surface area contributed by atoms with E-state index in [2.05, 4.69) is 23.3 Å². The quantitative estimate of drug-likeness (QED) is 0.472. The summed E-state index contributed by atoms with van der Waals surface area (Å²) in [5.74, 6) is -1.02. The minimum absolute atomic E-state index is 0.182. The molecule has 1 aromatic rings. The number of amides is 2. The number of carbonyl (C=O) groups is 2. The molecule has 8 heteroatoms. The molecule has 0 unspecified atom stereocenters. The van der Waals surface area contributed by atoms with Crippen LogP contribution in [0.3, 0.4) is 0 Å². The van der Waals surface area contributed by atoms with E-state index in [1.54, 1.807) is 0 Å². The molecule has 0 aliphatic carbocycles. The second-order valence-electron chi connectivity index (χ2n) is 10.7. The summed E-state index contributed by atoms with van der Waals surface area (Å²) in [6, 6.07) is 5.46. The Morgan fingerprint density at radius 1 is 1.21 bits per heavy atom. The molecule has 0 bridgehead atoms. The van der Waals surface area contributed by atoms with Gasteiger partial charge in [0.2, 0.25) is 11.8 Å². The Morgan fingerprint density at radius 3 is 2.27 bits per heavy atom. The van der Waals surface area contributed by atoms with Crippen LogP contribution in [0.5, 0.6) is 0 Å². The maximum atomic E-state index is 14.9. The third kappa shape index (κ3) is 7.04.